The quantitative estimate of drug-likeness (QED) is 0.315. The lowest BCUT2D eigenvalue weighted by Gasteiger charge is -2.07. The molecule has 0 saturated carbocycles. The van der Waals surface area contributed by atoms with Crippen molar-refractivity contribution < 1.29 is 24.2 Å². The first-order chi connectivity index (χ1) is 12.7. The van der Waals surface area contributed by atoms with E-state index in [1.54, 1.807) is 0 Å². The number of hydrogen-bond acceptors (Lipinski definition) is 4. The van der Waals surface area contributed by atoms with Crippen molar-refractivity contribution in [3.05, 3.63) is 6.61 Å². The first-order valence-corrected chi connectivity index (χ1v) is 10.2. The van der Waals surface area contributed by atoms with E-state index in [1.165, 1.54) is 0 Å². The van der Waals surface area contributed by atoms with Crippen molar-refractivity contribution in [2.75, 3.05) is 26.4 Å². The number of ether oxygens (including phenoxy) is 2. The number of unbranched alkanes of at least 4 members (excludes halogenated alkanes) is 6. The predicted octanol–water partition coefficient (Wildman–Crippen LogP) is 4.08. The number of carboxylic acid groups (broad SMARTS) is 1. The van der Waals surface area contributed by atoms with E-state index in [9.17, 15) is 9.59 Å². The van der Waals surface area contributed by atoms with Crippen molar-refractivity contribution >= 4 is 11.9 Å². The number of carboxylic acids is 1. The molecule has 6 nitrogen and oxygen atoms in total. The van der Waals surface area contributed by atoms with Crippen LogP contribution in [-0.2, 0) is 19.1 Å². The van der Waals surface area contributed by atoms with Crippen LogP contribution in [0.2, 0.25) is 0 Å². The Labute approximate surface area is 159 Å². The fourth-order valence-corrected chi connectivity index (χ4v) is 2.45. The summed E-state index contributed by atoms with van der Waals surface area (Å²) in [6.07, 6.45) is 10.4. The normalized spacial score (nSPS) is 10.8. The number of nitrogens with one attached hydrogen (secondary N) is 1. The van der Waals surface area contributed by atoms with Gasteiger partial charge in [-0.05, 0) is 38.5 Å². The van der Waals surface area contributed by atoms with E-state index in [-0.39, 0.29) is 12.3 Å². The summed E-state index contributed by atoms with van der Waals surface area (Å²) in [6, 6.07) is 0. The maximum absolute atomic E-state index is 11.7. The Morgan fingerprint density at radius 2 is 1.46 bits per heavy atom. The smallest absolute Gasteiger partial charge is 0.303 e. The van der Waals surface area contributed by atoms with E-state index >= 15 is 0 Å². The zero-order valence-corrected chi connectivity index (χ0v) is 16.5. The summed E-state index contributed by atoms with van der Waals surface area (Å²) >= 11 is 0. The Morgan fingerprint density at radius 1 is 0.846 bits per heavy atom. The first-order valence-electron chi connectivity index (χ1n) is 10.2. The summed E-state index contributed by atoms with van der Waals surface area (Å²) in [7, 11) is 0. The van der Waals surface area contributed by atoms with Crippen molar-refractivity contribution in [2.45, 2.75) is 84.0 Å². The third-order valence-corrected chi connectivity index (χ3v) is 3.92. The van der Waals surface area contributed by atoms with Crippen LogP contribution in [0.1, 0.15) is 84.0 Å². The SMILES string of the molecule is CC[CH]OCCCCOCCCNC(=O)CCCCCCCCC(=O)O. The molecule has 2 N–H and O–H groups in total. The second-order valence-electron chi connectivity index (χ2n) is 6.48. The van der Waals surface area contributed by atoms with Gasteiger partial charge in [0.2, 0.25) is 5.91 Å². The highest BCUT2D eigenvalue weighted by atomic mass is 16.5. The van der Waals surface area contributed by atoms with Gasteiger partial charge in [-0.2, -0.15) is 0 Å². The number of carbonyl (C=O) groups is 2. The minimum atomic E-state index is -0.720. The highest BCUT2D eigenvalue weighted by Crippen LogP contribution is 2.08. The summed E-state index contributed by atoms with van der Waals surface area (Å²) < 4.78 is 10.8. The molecule has 0 aromatic rings. The van der Waals surface area contributed by atoms with Crippen molar-refractivity contribution in [3.63, 3.8) is 0 Å². The lowest BCUT2D eigenvalue weighted by molar-refractivity contribution is -0.137. The van der Waals surface area contributed by atoms with Crippen LogP contribution in [0.3, 0.4) is 0 Å². The van der Waals surface area contributed by atoms with E-state index in [2.05, 4.69) is 12.2 Å². The molecule has 0 spiro atoms. The minimum Gasteiger partial charge on any atom is -0.481 e. The molecule has 0 saturated heterocycles. The molecule has 0 aromatic carbocycles. The number of rotatable bonds is 20. The van der Waals surface area contributed by atoms with Crippen LogP contribution in [0, 0.1) is 6.61 Å². The summed E-state index contributed by atoms with van der Waals surface area (Å²) in [5.41, 5.74) is 0. The van der Waals surface area contributed by atoms with E-state index in [0.717, 1.165) is 77.4 Å². The first kappa shape index (κ1) is 24.9. The number of hydrogen-bond donors (Lipinski definition) is 2. The maximum atomic E-state index is 11.7. The van der Waals surface area contributed by atoms with Gasteiger partial charge in [0.25, 0.3) is 0 Å². The van der Waals surface area contributed by atoms with Crippen LogP contribution in [0.5, 0.6) is 0 Å². The highest BCUT2D eigenvalue weighted by Gasteiger charge is 2.01. The Morgan fingerprint density at radius 3 is 2.15 bits per heavy atom. The van der Waals surface area contributed by atoms with E-state index in [4.69, 9.17) is 14.6 Å². The fourth-order valence-electron chi connectivity index (χ4n) is 2.45. The zero-order chi connectivity index (χ0) is 19.3. The lowest BCUT2D eigenvalue weighted by Crippen LogP contribution is -2.24. The fraction of sp³-hybridized carbons (Fsp3) is 0.850. The van der Waals surface area contributed by atoms with Crippen LogP contribution in [0.25, 0.3) is 0 Å². The van der Waals surface area contributed by atoms with E-state index in [0.29, 0.717) is 19.6 Å². The van der Waals surface area contributed by atoms with Crippen LogP contribution >= 0.6 is 0 Å². The molecule has 0 aromatic heterocycles. The van der Waals surface area contributed by atoms with Gasteiger partial charge in [-0.3, -0.25) is 9.59 Å². The Balaban J connectivity index is 3.16. The molecular formula is C20H38NO5. The van der Waals surface area contributed by atoms with Crippen molar-refractivity contribution in [3.8, 4) is 0 Å². The molecule has 26 heavy (non-hydrogen) atoms. The molecule has 0 aliphatic carbocycles. The maximum Gasteiger partial charge on any atom is 0.303 e. The van der Waals surface area contributed by atoms with Crippen LogP contribution in [-0.4, -0.2) is 43.3 Å². The molecule has 1 radical (unpaired) electrons. The average Bonchev–Trinajstić information content (AvgIpc) is 2.61. The number of amides is 1. The molecule has 1 amide bonds. The predicted molar refractivity (Wildman–Crippen MR) is 103 cm³/mol. The Bertz CT molecular complexity index is 336. The van der Waals surface area contributed by atoms with Gasteiger partial charge in [-0.1, -0.05) is 32.6 Å². The molecule has 6 heteroatoms. The van der Waals surface area contributed by atoms with Crippen LogP contribution in [0.4, 0.5) is 0 Å². The van der Waals surface area contributed by atoms with E-state index < -0.39 is 5.97 Å². The second-order valence-corrected chi connectivity index (χ2v) is 6.48. The second kappa shape index (κ2) is 20.2. The molecule has 0 heterocycles. The summed E-state index contributed by atoms with van der Waals surface area (Å²) in [5.74, 6) is -0.608. The Hall–Kier alpha value is -1.14. The molecule has 0 unspecified atom stereocenters. The third kappa shape index (κ3) is 20.9. The minimum absolute atomic E-state index is 0.111. The standard InChI is InChI=1S/C20H38NO5/c1-2-15-25-16-9-10-17-26-18-11-14-21-19(22)12-7-5-3-4-6-8-13-20(23)24/h15H,2-14,16-18H2,1H3,(H,21,22)(H,23,24). The molecular weight excluding hydrogens is 334 g/mol. The van der Waals surface area contributed by atoms with E-state index in [1.807, 2.05) is 6.61 Å². The average molecular weight is 373 g/mol. The summed E-state index contributed by atoms with van der Waals surface area (Å²) in [4.78, 5) is 22.0. The third-order valence-electron chi connectivity index (χ3n) is 3.92. The molecule has 153 valence electrons. The molecule has 0 rings (SSSR count). The Kier molecular flexibility index (Phi) is 19.3. The molecule has 0 fully saturated rings. The molecule has 0 bridgehead atoms. The molecule has 0 atom stereocenters. The van der Waals surface area contributed by atoms with Crippen LogP contribution < -0.4 is 5.32 Å². The highest BCUT2D eigenvalue weighted by molar-refractivity contribution is 5.75. The van der Waals surface area contributed by atoms with Crippen molar-refractivity contribution in [2.24, 2.45) is 0 Å². The zero-order valence-electron chi connectivity index (χ0n) is 16.5. The number of carbonyl (C=O) groups excluding carboxylic acids is 1. The van der Waals surface area contributed by atoms with Crippen LogP contribution in [0.15, 0.2) is 0 Å². The van der Waals surface area contributed by atoms with Gasteiger partial charge >= 0.3 is 5.97 Å². The molecule has 0 aliphatic heterocycles. The summed E-state index contributed by atoms with van der Waals surface area (Å²) in [5, 5.41) is 11.5. The lowest BCUT2D eigenvalue weighted by atomic mass is 10.1. The van der Waals surface area contributed by atoms with Gasteiger partial charge in [-0.25, -0.2) is 0 Å². The van der Waals surface area contributed by atoms with Crippen molar-refractivity contribution in [1.82, 2.24) is 5.32 Å². The topological polar surface area (TPSA) is 84.9 Å². The van der Waals surface area contributed by atoms with Crippen molar-refractivity contribution in [1.29, 1.82) is 0 Å². The number of aliphatic carboxylic acids is 1. The van der Waals surface area contributed by atoms with Gasteiger partial charge in [0, 0.05) is 39.2 Å². The van der Waals surface area contributed by atoms with Gasteiger partial charge in [0.1, 0.15) is 0 Å². The summed E-state index contributed by atoms with van der Waals surface area (Å²) in [6.45, 7) is 6.73. The molecule has 0 aliphatic rings. The van der Waals surface area contributed by atoms with Gasteiger partial charge in [-0.15, -0.1) is 0 Å². The van der Waals surface area contributed by atoms with Gasteiger partial charge in [0.15, 0.2) is 0 Å². The van der Waals surface area contributed by atoms with Gasteiger partial charge < -0.3 is 19.9 Å². The monoisotopic (exact) mass is 372 g/mol. The largest absolute Gasteiger partial charge is 0.481 e. The van der Waals surface area contributed by atoms with Gasteiger partial charge in [0.05, 0.1) is 6.61 Å².